The first kappa shape index (κ1) is 15.9. The molecule has 0 saturated carbocycles. The molecule has 0 N–H and O–H groups in total. The first-order valence-corrected chi connectivity index (χ1v) is 1.21. The first-order valence-electron chi connectivity index (χ1n) is 1.21. The molecule has 0 radical (unpaired) electrons. The van der Waals surface area contributed by atoms with Crippen LogP contribution in [0.25, 0.3) is 0 Å². The molecule has 0 aliphatic heterocycles. The van der Waals surface area contributed by atoms with Gasteiger partial charge in [-0.2, -0.15) is 6.42 Å². The second-order valence-electron chi connectivity index (χ2n) is 0.500. The molecule has 0 nitrogen and oxygen atoms in total. The zero-order chi connectivity index (χ0) is 2.71. The third kappa shape index (κ3) is 27.8. The van der Waals surface area contributed by atoms with Crippen molar-refractivity contribution in [3.05, 3.63) is 14.4 Å². The fourth-order valence-electron chi connectivity index (χ4n) is 0. The second kappa shape index (κ2) is 17.4. The Balaban J connectivity index is -0.0000000200. The monoisotopic (exact) mass is 97.0 g/mol. The summed E-state index contributed by atoms with van der Waals surface area (Å²) in [6.07, 6.45) is 1.00. The van der Waals surface area contributed by atoms with Crippen LogP contribution in [0.1, 0.15) is 13.3 Å². The quantitative estimate of drug-likeness (QED) is 0.260. The smallest absolute Gasteiger partial charge is 0.358 e. The Bertz CT molecular complexity index is 3.61. The standard InChI is InChI=1S/C3H7.CH3.K/c1-3-2;;/h1,3H2,2H3;1H3;/q2*-1;+1. The van der Waals surface area contributed by atoms with Gasteiger partial charge in [-0.05, 0) is 0 Å². The van der Waals surface area contributed by atoms with E-state index in [0.717, 1.165) is 6.42 Å². The van der Waals surface area contributed by atoms with Gasteiger partial charge < -0.3 is 14.4 Å². The summed E-state index contributed by atoms with van der Waals surface area (Å²) < 4.78 is 0. The van der Waals surface area contributed by atoms with Crippen LogP contribution in [0.15, 0.2) is 0 Å². The van der Waals surface area contributed by atoms with Gasteiger partial charge in [0.15, 0.2) is 0 Å². The molecular formula is C4H10K-. The van der Waals surface area contributed by atoms with Crippen LogP contribution in [-0.2, 0) is 0 Å². The molecular weight excluding hydrogens is 87.1 g/mol. The van der Waals surface area contributed by atoms with E-state index in [0.29, 0.717) is 0 Å². The molecule has 0 bridgehead atoms. The largest absolute Gasteiger partial charge is 1.00 e. The Labute approximate surface area is 77.8 Å². The Kier molecular flexibility index (Phi) is 55.6. The van der Waals surface area contributed by atoms with Crippen LogP contribution in [0.3, 0.4) is 0 Å². The molecule has 1 heteroatoms. The number of hydrogen-bond acceptors (Lipinski definition) is 0. The van der Waals surface area contributed by atoms with Gasteiger partial charge in [0.2, 0.25) is 0 Å². The summed E-state index contributed by atoms with van der Waals surface area (Å²) in [5.74, 6) is 0. The van der Waals surface area contributed by atoms with E-state index in [1.807, 2.05) is 6.92 Å². The van der Waals surface area contributed by atoms with E-state index in [1.165, 1.54) is 0 Å². The molecule has 0 saturated heterocycles. The van der Waals surface area contributed by atoms with Gasteiger partial charge in [-0.3, -0.25) is 0 Å². The number of rotatable bonds is 0. The molecule has 0 spiro atoms. The summed E-state index contributed by atoms with van der Waals surface area (Å²) in [6.45, 7) is 5.50. The minimum atomic E-state index is 0. The van der Waals surface area contributed by atoms with E-state index in [-0.39, 0.29) is 58.8 Å². The predicted molar refractivity (Wildman–Crippen MR) is 22.1 cm³/mol. The fraction of sp³-hybridized carbons (Fsp3) is 0.500. The van der Waals surface area contributed by atoms with Gasteiger partial charge in [0, 0.05) is 0 Å². The Morgan fingerprint density at radius 3 is 1.60 bits per heavy atom. The summed E-state index contributed by atoms with van der Waals surface area (Å²) in [5, 5.41) is 0. The molecule has 0 aromatic carbocycles. The van der Waals surface area contributed by atoms with Crippen molar-refractivity contribution in [2.75, 3.05) is 0 Å². The first-order chi connectivity index (χ1) is 1.41. The van der Waals surface area contributed by atoms with E-state index < -0.39 is 0 Å². The maximum Gasteiger partial charge on any atom is 1.00 e. The predicted octanol–water partition coefficient (Wildman–Crippen LogP) is -1.32. The Hall–Kier alpha value is 1.64. The molecule has 0 rings (SSSR count). The van der Waals surface area contributed by atoms with Crippen LogP contribution >= 0.6 is 0 Å². The normalized spacial score (nSPS) is 3.60. The van der Waals surface area contributed by atoms with Crippen molar-refractivity contribution < 1.29 is 51.4 Å². The van der Waals surface area contributed by atoms with Crippen molar-refractivity contribution in [2.24, 2.45) is 0 Å². The van der Waals surface area contributed by atoms with E-state index in [2.05, 4.69) is 6.92 Å². The van der Waals surface area contributed by atoms with Crippen molar-refractivity contribution in [3.63, 3.8) is 0 Å². The third-order valence-corrected chi connectivity index (χ3v) is 0. The van der Waals surface area contributed by atoms with Gasteiger partial charge >= 0.3 is 51.4 Å². The van der Waals surface area contributed by atoms with Gasteiger partial charge in [0.1, 0.15) is 0 Å². The van der Waals surface area contributed by atoms with E-state index >= 15 is 0 Å². The zero-order valence-electron chi connectivity index (χ0n) is 4.41. The van der Waals surface area contributed by atoms with Crippen LogP contribution in [0.4, 0.5) is 0 Å². The van der Waals surface area contributed by atoms with Crippen molar-refractivity contribution in [1.29, 1.82) is 0 Å². The summed E-state index contributed by atoms with van der Waals surface area (Å²) in [7, 11) is 0. The van der Waals surface area contributed by atoms with Crippen molar-refractivity contribution >= 4 is 0 Å². The molecule has 0 atom stereocenters. The molecule has 0 amide bonds. The fourth-order valence-corrected chi connectivity index (χ4v) is 0. The summed E-state index contributed by atoms with van der Waals surface area (Å²) in [5.41, 5.74) is 0. The van der Waals surface area contributed by atoms with Gasteiger partial charge in [-0.15, -0.1) is 0 Å². The minimum absolute atomic E-state index is 0. The van der Waals surface area contributed by atoms with Crippen molar-refractivity contribution in [1.82, 2.24) is 0 Å². The SMILES string of the molecule is [CH2-]CC.[CH3-].[K+]. The summed E-state index contributed by atoms with van der Waals surface area (Å²) in [4.78, 5) is 0. The molecule has 5 heavy (non-hydrogen) atoms. The topological polar surface area (TPSA) is 0 Å². The van der Waals surface area contributed by atoms with Gasteiger partial charge in [0.05, 0.1) is 0 Å². The molecule has 0 heterocycles. The van der Waals surface area contributed by atoms with Crippen molar-refractivity contribution in [3.8, 4) is 0 Å². The molecule has 0 aromatic rings. The van der Waals surface area contributed by atoms with E-state index in [1.54, 1.807) is 0 Å². The molecule has 0 aliphatic rings. The molecule has 0 aliphatic carbocycles. The van der Waals surface area contributed by atoms with Crippen LogP contribution in [-0.4, -0.2) is 0 Å². The average molecular weight is 97.2 g/mol. The zero-order valence-corrected chi connectivity index (χ0v) is 7.54. The Morgan fingerprint density at radius 1 is 1.60 bits per heavy atom. The Morgan fingerprint density at radius 2 is 1.60 bits per heavy atom. The van der Waals surface area contributed by atoms with Gasteiger partial charge in [0.25, 0.3) is 0 Å². The summed E-state index contributed by atoms with van der Waals surface area (Å²) in [6, 6.07) is 0. The third-order valence-electron chi connectivity index (χ3n) is 0. The minimum Gasteiger partial charge on any atom is -0.358 e. The molecule has 0 unspecified atom stereocenters. The molecule has 28 valence electrons. The van der Waals surface area contributed by atoms with Crippen LogP contribution < -0.4 is 51.4 Å². The van der Waals surface area contributed by atoms with Crippen LogP contribution in [0.2, 0.25) is 0 Å². The molecule has 0 fully saturated rings. The second-order valence-corrected chi connectivity index (χ2v) is 0.500. The van der Waals surface area contributed by atoms with Gasteiger partial charge in [-0.1, -0.05) is 6.92 Å². The van der Waals surface area contributed by atoms with Crippen LogP contribution in [0.5, 0.6) is 0 Å². The molecule has 0 aromatic heterocycles. The summed E-state index contributed by atoms with van der Waals surface area (Å²) >= 11 is 0. The van der Waals surface area contributed by atoms with E-state index in [4.69, 9.17) is 0 Å². The average Bonchev–Trinajstić information content (AvgIpc) is 0.918. The maximum atomic E-state index is 3.49. The van der Waals surface area contributed by atoms with Crippen LogP contribution in [0, 0.1) is 14.4 Å². The van der Waals surface area contributed by atoms with Crippen molar-refractivity contribution in [2.45, 2.75) is 13.3 Å². The number of hydrogen-bond donors (Lipinski definition) is 0. The van der Waals surface area contributed by atoms with Gasteiger partial charge in [-0.25, -0.2) is 0 Å². The van der Waals surface area contributed by atoms with E-state index in [9.17, 15) is 0 Å². The maximum absolute atomic E-state index is 3.49.